The molecule has 550 valence electrons. The quantitative estimate of drug-likeness (QED) is 0.0704. The Labute approximate surface area is 550 Å². The molecule has 0 atom stereocenters. The third-order valence-corrected chi connectivity index (χ3v) is 16.0. The second-order valence-electron chi connectivity index (χ2n) is 21.0. The average Bonchev–Trinajstić information content (AvgIpc) is 0.707. The van der Waals surface area contributed by atoms with E-state index < -0.39 is 355 Å². The van der Waals surface area contributed by atoms with Crippen LogP contribution in [0.1, 0.15) is 0 Å². The van der Waals surface area contributed by atoms with Crippen LogP contribution in [0.15, 0.2) is 0 Å². The maximum atomic E-state index is 16.1. The molecule has 0 saturated carbocycles. The van der Waals surface area contributed by atoms with E-state index in [1.54, 1.807) is 0 Å². The summed E-state index contributed by atoms with van der Waals surface area (Å²) in [5, 5.41) is -24.6. The summed E-state index contributed by atoms with van der Waals surface area (Å²) < 4.78 is 627. The zero-order chi connectivity index (χ0) is 79.8. The van der Waals surface area contributed by atoms with Crippen molar-refractivity contribution in [2.75, 3.05) is 0 Å². The van der Waals surface area contributed by atoms with E-state index in [4.69, 9.17) is 5.26 Å². The number of rotatable bonds is 6. The highest BCUT2D eigenvalue weighted by Gasteiger charge is 2.49. The highest BCUT2D eigenvalue weighted by molar-refractivity contribution is 6.97. The third-order valence-electron chi connectivity index (χ3n) is 16.0. The number of halogens is 42. The molecule has 0 radical (unpaired) electrons. The summed E-state index contributed by atoms with van der Waals surface area (Å²) in [7, 11) is 0. The van der Waals surface area contributed by atoms with E-state index in [0.29, 0.717) is 0 Å². The minimum absolute atomic E-state index is 2.54. The largest absolute Gasteiger partial charge is 0.264 e. The fourth-order valence-corrected chi connectivity index (χ4v) is 11.4. The maximum Gasteiger partial charge on any atom is 0.264 e. The number of fused-ring (bicyclic) bond motifs is 6. The first-order valence-corrected chi connectivity index (χ1v) is 26.4. The lowest BCUT2D eigenvalue weighted by molar-refractivity contribution is 0.412. The molecular weight excluding hydrogens is 1570 g/mol. The molecule has 0 aliphatic heterocycles. The van der Waals surface area contributed by atoms with E-state index >= 15 is 79.0 Å². The number of hydrogen-bond donors (Lipinski definition) is 0. The lowest BCUT2D eigenvalue weighted by atomic mass is 9.35. The highest BCUT2D eigenvalue weighted by atomic mass is 19.2. The summed E-state index contributed by atoms with van der Waals surface area (Å²) >= 11 is 0. The van der Waals surface area contributed by atoms with Gasteiger partial charge in [0.1, 0.15) is 34.9 Å². The van der Waals surface area contributed by atoms with Gasteiger partial charge < -0.3 is 0 Å². The van der Waals surface area contributed by atoms with Gasteiger partial charge in [0.2, 0.25) is 0 Å². The Hall–Kier alpha value is -11.1. The number of hydrogen-bond acceptors (Lipinski definition) is 1. The molecule has 45 heteroatoms. The lowest BCUT2D eigenvalue weighted by Crippen LogP contribution is -2.60. The zero-order valence-electron chi connectivity index (χ0n) is 48.1. The van der Waals surface area contributed by atoms with Crippen LogP contribution in [0.4, 0.5) is 184 Å². The van der Waals surface area contributed by atoms with Crippen molar-refractivity contribution in [3.63, 3.8) is 0 Å². The molecule has 12 aromatic carbocycles. The summed E-state index contributed by atoms with van der Waals surface area (Å²) in [6.45, 7) is -5.31. The van der Waals surface area contributed by atoms with Gasteiger partial charge in [-0.1, -0.05) is 0 Å². The Morgan fingerprint density at radius 2 is 0.170 bits per heavy atom. The van der Waals surface area contributed by atoms with Crippen molar-refractivity contribution in [2.45, 2.75) is 0 Å². The summed E-state index contributed by atoms with van der Waals surface area (Å²) in [4.78, 5) is 0. The Kier molecular flexibility index (Phi) is 19.4. The lowest BCUT2D eigenvalue weighted by Gasteiger charge is -2.23. The van der Waals surface area contributed by atoms with Gasteiger partial charge in [-0.3, -0.25) is 0 Å². The Morgan fingerprint density at radius 1 is 0.104 bits per heavy atom. The fourth-order valence-electron chi connectivity index (χ4n) is 11.4. The summed E-state index contributed by atoms with van der Waals surface area (Å²) in [6.07, 6.45) is 0. The normalized spacial score (nSPS) is 11.7. The van der Waals surface area contributed by atoms with Crippen molar-refractivity contribution in [1.82, 2.24) is 0 Å². The molecule has 0 spiro atoms. The molecule has 12 rings (SSSR count). The van der Waals surface area contributed by atoms with E-state index in [2.05, 4.69) is 6.57 Å². The molecule has 0 amide bonds. The van der Waals surface area contributed by atoms with Crippen LogP contribution in [0.25, 0.3) is 64.6 Å². The van der Waals surface area contributed by atoms with Gasteiger partial charge in [-0.05, 0) is 0 Å². The van der Waals surface area contributed by atoms with Crippen molar-refractivity contribution in [3.8, 4) is 6.57 Å². The minimum Gasteiger partial charge on any atom is -0.207 e. The summed E-state index contributed by atoms with van der Waals surface area (Å²) in [5.74, 6) is -130. The summed E-state index contributed by atoms with van der Waals surface area (Å²) in [6, 6.07) is 0. The van der Waals surface area contributed by atoms with Gasteiger partial charge >= 0.3 is 0 Å². The molecule has 0 N–H and O–H groups in total. The number of nitrogens with zero attached hydrogens (tertiary/aromatic N) is 1. The Morgan fingerprint density at radius 3 is 0.255 bits per heavy atom. The van der Waals surface area contributed by atoms with Gasteiger partial charge in [0.25, 0.3) is 13.4 Å². The van der Waals surface area contributed by atoms with Crippen LogP contribution in [-0.2, 0) is 0 Å². The Balaban J connectivity index is 0.000000222. The van der Waals surface area contributed by atoms with Crippen LogP contribution in [0.5, 0.6) is 0 Å². The van der Waals surface area contributed by atoms with E-state index in [-0.39, 0.29) is 0 Å². The number of nitriles is 1. The molecule has 106 heavy (non-hydrogen) atoms. The van der Waals surface area contributed by atoms with Gasteiger partial charge in [-0.2, -0.15) is 0 Å². The van der Waals surface area contributed by atoms with Crippen molar-refractivity contribution >= 4 is 111 Å². The second-order valence-corrected chi connectivity index (χ2v) is 21.0. The topological polar surface area (TPSA) is 23.8 Å². The van der Waals surface area contributed by atoms with Gasteiger partial charge in [-0.15, -0.1) is 0 Å². The van der Waals surface area contributed by atoms with Gasteiger partial charge in [0.15, 0.2) is 209 Å². The standard InChI is InChI=1S/2C30BF21.CHN/c2*32-10-1-4(19(41)28(50)25(47)16(1)38)13(35)22(44)7(10)31(8-11(33)2-5(14(36)23(8)45)20(42)29(51)26(48)17(2)39)9-12(34)3-6(15(37)24(9)46)21(43)30(52)27(49)18(3)40;1-2/h;;1H. The fraction of sp³-hybridized carbons (Fsp3) is 0. The van der Waals surface area contributed by atoms with Crippen molar-refractivity contribution < 1.29 is 184 Å². The molecule has 0 unspecified atom stereocenters. The first-order valence-electron chi connectivity index (χ1n) is 26.4. The average molecular weight is 1570 g/mol. The second kappa shape index (κ2) is 26.5. The molecule has 12 aromatic rings. The first kappa shape index (κ1) is 77.5. The zero-order valence-corrected chi connectivity index (χ0v) is 48.1. The van der Waals surface area contributed by atoms with Crippen molar-refractivity contribution in [1.29, 1.82) is 5.26 Å². The van der Waals surface area contributed by atoms with Crippen LogP contribution < -0.4 is 32.8 Å². The monoisotopic (exact) mass is 1570 g/mol. The van der Waals surface area contributed by atoms with E-state index in [1.165, 1.54) is 0 Å². The molecule has 0 fully saturated rings. The van der Waals surface area contributed by atoms with Crippen LogP contribution in [0.2, 0.25) is 0 Å². The van der Waals surface area contributed by atoms with E-state index in [9.17, 15) is 105 Å². The minimum atomic E-state index is -4.40. The number of benzene rings is 12. The molecule has 0 bridgehead atoms. The predicted octanol–water partition coefficient (Wildman–Crippen LogP) is 17.3. The Bertz CT molecular complexity index is 5160. The van der Waals surface area contributed by atoms with E-state index in [1.807, 2.05) is 0 Å². The predicted molar refractivity (Wildman–Crippen MR) is 278 cm³/mol. The molecule has 0 aliphatic rings. The van der Waals surface area contributed by atoms with Crippen LogP contribution in [-0.4, -0.2) is 13.4 Å². The smallest absolute Gasteiger partial charge is 0.207 e. The van der Waals surface area contributed by atoms with Gasteiger partial charge in [-0.25, -0.2) is 190 Å². The van der Waals surface area contributed by atoms with Crippen LogP contribution in [0.3, 0.4) is 0 Å². The molecular formula is C61HB2F42N. The highest BCUT2D eigenvalue weighted by Crippen LogP contribution is 2.41. The van der Waals surface area contributed by atoms with Gasteiger partial charge in [0.05, 0.1) is 64.6 Å². The molecule has 0 aromatic heterocycles. The maximum absolute atomic E-state index is 16.1. The van der Waals surface area contributed by atoms with Crippen molar-refractivity contribution in [3.05, 3.63) is 244 Å². The van der Waals surface area contributed by atoms with Crippen molar-refractivity contribution in [2.24, 2.45) is 0 Å². The molecule has 0 heterocycles. The molecule has 1 nitrogen and oxygen atoms in total. The van der Waals surface area contributed by atoms with E-state index in [0.717, 1.165) is 0 Å². The molecule has 0 saturated heterocycles. The van der Waals surface area contributed by atoms with Crippen LogP contribution >= 0.6 is 0 Å². The van der Waals surface area contributed by atoms with Crippen LogP contribution in [0, 0.1) is 256 Å². The van der Waals surface area contributed by atoms with Gasteiger partial charge in [0, 0.05) is 39.3 Å². The SMILES string of the molecule is C#N.Fc1c(F)c(F)c2c(F)c(B(c3c(F)c(F)c4c(F)c(F)c(F)c(F)c4c3F)c3c(F)c(F)c4c(F)c(F)c(F)c(F)c4c3F)c(F)c(F)c2c1F.Fc1c(F)c(F)c2c(F)c(B(c3c(F)c(F)c4c(F)c(F)c(F)c(F)c4c3F)c3c(F)c(F)c4c(F)c(F)c(F)c(F)c4c3F)c(F)c(F)c2c1F. The summed E-state index contributed by atoms with van der Waals surface area (Å²) in [5.41, 5.74) is -17.8. The first-order chi connectivity index (χ1) is 49.2. The molecule has 0 aliphatic carbocycles. The third kappa shape index (κ3) is 10.2.